The molecule has 94 valence electrons. The maximum absolute atomic E-state index is 11.6. The lowest BCUT2D eigenvalue weighted by Crippen LogP contribution is -2.41. The molecule has 17 heavy (non-hydrogen) atoms. The average molecular weight is 253 g/mol. The van der Waals surface area contributed by atoms with Crippen molar-refractivity contribution in [1.29, 1.82) is 0 Å². The number of hydrogen-bond donors (Lipinski definition) is 1. The molecular weight excluding hydrogens is 234 g/mol. The molecule has 0 radical (unpaired) electrons. The van der Waals surface area contributed by atoms with Crippen molar-refractivity contribution in [2.45, 2.75) is 43.5 Å². The van der Waals surface area contributed by atoms with E-state index in [1.165, 1.54) is 19.3 Å². The van der Waals surface area contributed by atoms with Crippen molar-refractivity contribution in [3.05, 3.63) is 24.3 Å². The van der Waals surface area contributed by atoms with E-state index in [9.17, 15) is 8.42 Å². The fourth-order valence-corrected chi connectivity index (χ4v) is 2.98. The van der Waals surface area contributed by atoms with Crippen LogP contribution in [0.15, 0.2) is 29.2 Å². The highest BCUT2D eigenvalue weighted by molar-refractivity contribution is 7.91. The molecule has 3 nitrogen and oxygen atoms in total. The minimum atomic E-state index is -3.08. The Hall–Kier alpha value is -1.03. The summed E-state index contributed by atoms with van der Waals surface area (Å²) in [6.45, 7) is 3.87. The van der Waals surface area contributed by atoms with E-state index in [0.29, 0.717) is 4.90 Å². The summed E-state index contributed by atoms with van der Waals surface area (Å²) < 4.78 is 23.3. The van der Waals surface area contributed by atoms with Crippen molar-refractivity contribution in [2.75, 3.05) is 11.1 Å². The molecule has 2 rings (SSSR count). The van der Waals surface area contributed by atoms with Crippen molar-refractivity contribution >= 4 is 15.5 Å². The molecule has 1 aliphatic rings. The van der Waals surface area contributed by atoms with Crippen LogP contribution in [0.1, 0.15) is 33.1 Å². The Labute approximate surface area is 103 Å². The van der Waals surface area contributed by atoms with Gasteiger partial charge in [-0.3, -0.25) is 0 Å². The van der Waals surface area contributed by atoms with Crippen LogP contribution in [-0.2, 0) is 9.84 Å². The molecule has 0 unspecified atom stereocenters. The number of hydrogen-bond acceptors (Lipinski definition) is 3. The van der Waals surface area contributed by atoms with Crippen molar-refractivity contribution < 1.29 is 8.42 Å². The minimum absolute atomic E-state index is 0.150. The molecule has 0 amide bonds. The van der Waals surface area contributed by atoms with Crippen molar-refractivity contribution in [3.63, 3.8) is 0 Å². The quantitative estimate of drug-likeness (QED) is 0.897. The summed E-state index contributed by atoms with van der Waals surface area (Å²) in [7, 11) is -3.08. The third-order valence-corrected chi connectivity index (χ3v) is 5.25. The third-order valence-electron chi connectivity index (χ3n) is 3.50. The first-order valence-electron chi connectivity index (χ1n) is 6.06. The first-order chi connectivity index (χ1) is 7.95. The zero-order valence-corrected chi connectivity index (χ0v) is 11.2. The predicted octanol–water partition coefficient (Wildman–Crippen LogP) is 2.83. The third kappa shape index (κ3) is 2.63. The number of rotatable bonds is 4. The summed E-state index contributed by atoms with van der Waals surface area (Å²) in [5.74, 6) is 0.150. The molecule has 0 heterocycles. The van der Waals surface area contributed by atoms with E-state index in [-0.39, 0.29) is 11.3 Å². The Bertz CT molecular complexity index is 487. The van der Waals surface area contributed by atoms with E-state index >= 15 is 0 Å². The van der Waals surface area contributed by atoms with Crippen LogP contribution in [0, 0.1) is 0 Å². The predicted molar refractivity (Wildman–Crippen MR) is 70.0 cm³/mol. The topological polar surface area (TPSA) is 46.2 Å². The zero-order chi connectivity index (χ0) is 12.5. The van der Waals surface area contributed by atoms with Gasteiger partial charge in [0, 0.05) is 11.2 Å². The summed E-state index contributed by atoms with van der Waals surface area (Å²) >= 11 is 0. The van der Waals surface area contributed by atoms with Crippen molar-refractivity contribution in [1.82, 2.24) is 0 Å². The number of nitrogens with one attached hydrogen (secondary N) is 1. The van der Waals surface area contributed by atoms with E-state index < -0.39 is 9.84 Å². The Kier molecular flexibility index (Phi) is 3.17. The van der Waals surface area contributed by atoms with Crippen LogP contribution in [0.5, 0.6) is 0 Å². The van der Waals surface area contributed by atoms with Gasteiger partial charge in [-0.2, -0.15) is 0 Å². The van der Waals surface area contributed by atoms with Crippen LogP contribution in [0.4, 0.5) is 5.69 Å². The van der Waals surface area contributed by atoms with Gasteiger partial charge in [0.25, 0.3) is 0 Å². The lowest BCUT2D eigenvalue weighted by Gasteiger charge is -2.40. The molecule has 0 spiro atoms. The normalized spacial score (nSPS) is 18.5. The smallest absolute Gasteiger partial charge is 0.178 e. The lowest BCUT2D eigenvalue weighted by atomic mass is 9.78. The second kappa shape index (κ2) is 4.33. The SMILES string of the molecule is CCS(=O)(=O)c1ccc(NC2(C)CCC2)cc1. The molecule has 1 aliphatic carbocycles. The lowest BCUT2D eigenvalue weighted by molar-refractivity contribution is 0.306. The van der Waals surface area contributed by atoms with Crippen LogP contribution >= 0.6 is 0 Å². The van der Waals surface area contributed by atoms with Crippen LogP contribution < -0.4 is 5.32 Å². The first-order valence-corrected chi connectivity index (χ1v) is 7.71. The minimum Gasteiger partial charge on any atom is -0.380 e. The monoisotopic (exact) mass is 253 g/mol. The molecule has 4 heteroatoms. The van der Waals surface area contributed by atoms with Crippen LogP contribution in [0.2, 0.25) is 0 Å². The second-order valence-electron chi connectivity index (χ2n) is 4.97. The van der Waals surface area contributed by atoms with Crippen LogP contribution in [0.3, 0.4) is 0 Å². The van der Waals surface area contributed by atoms with Gasteiger partial charge in [-0.05, 0) is 50.5 Å². The molecule has 0 atom stereocenters. The number of sulfone groups is 1. The average Bonchev–Trinajstić information content (AvgIpc) is 2.28. The van der Waals surface area contributed by atoms with Gasteiger partial charge in [0.1, 0.15) is 0 Å². The summed E-state index contributed by atoms with van der Waals surface area (Å²) in [4.78, 5) is 0.407. The van der Waals surface area contributed by atoms with E-state index in [1.54, 1.807) is 19.1 Å². The standard InChI is InChI=1S/C13H19NO2S/c1-3-17(15,16)12-7-5-11(6-8-12)14-13(2)9-4-10-13/h5-8,14H,3-4,9-10H2,1-2H3. The Morgan fingerprint density at radius 1 is 1.24 bits per heavy atom. The summed E-state index contributed by atoms with van der Waals surface area (Å²) in [5.41, 5.74) is 1.20. The van der Waals surface area contributed by atoms with E-state index in [2.05, 4.69) is 12.2 Å². The highest BCUT2D eigenvalue weighted by Crippen LogP contribution is 2.34. The van der Waals surface area contributed by atoms with E-state index in [1.807, 2.05) is 12.1 Å². The van der Waals surface area contributed by atoms with E-state index in [4.69, 9.17) is 0 Å². The summed E-state index contributed by atoms with van der Waals surface area (Å²) in [5, 5.41) is 3.46. The van der Waals surface area contributed by atoms with Gasteiger partial charge in [-0.25, -0.2) is 8.42 Å². The highest BCUT2D eigenvalue weighted by Gasteiger charge is 2.31. The highest BCUT2D eigenvalue weighted by atomic mass is 32.2. The van der Waals surface area contributed by atoms with Crippen molar-refractivity contribution in [2.24, 2.45) is 0 Å². The Morgan fingerprint density at radius 2 is 1.82 bits per heavy atom. The zero-order valence-electron chi connectivity index (χ0n) is 10.4. The molecule has 0 aliphatic heterocycles. The van der Waals surface area contributed by atoms with Gasteiger partial charge in [0.15, 0.2) is 9.84 Å². The molecule has 1 saturated carbocycles. The molecule has 1 aromatic rings. The van der Waals surface area contributed by atoms with E-state index in [0.717, 1.165) is 5.69 Å². The van der Waals surface area contributed by atoms with Gasteiger partial charge in [-0.1, -0.05) is 6.92 Å². The van der Waals surface area contributed by atoms with Gasteiger partial charge in [0.2, 0.25) is 0 Å². The Morgan fingerprint density at radius 3 is 2.24 bits per heavy atom. The van der Waals surface area contributed by atoms with Gasteiger partial charge in [-0.15, -0.1) is 0 Å². The van der Waals surface area contributed by atoms with Crippen molar-refractivity contribution in [3.8, 4) is 0 Å². The van der Waals surface area contributed by atoms with Gasteiger partial charge in [0.05, 0.1) is 10.6 Å². The number of anilines is 1. The molecule has 1 N–H and O–H groups in total. The van der Waals surface area contributed by atoms with Gasteiger partial charge < -0.3 is 5.32 Å². The molecule has 0 saturated heterocycles. The number of benzene rings is 1. The van der Waals surface area contributed by atoms with Gasteiger partial charge >= 0.3 is 0 Å². The molecule has 1 fully saturated rings. The fourth-order valence-electron chi connectivity index (χ4n) is 2.09. The van der Waals surface area contributed by atoms with Crippen LogP contribution in [0.25, 0.3) is 0 Å². The molecule has 1 aromatic carbocycles. The second-order valence-corrected chi connectivity index (χ2v) is 7.25. The summed E-state index contributed by atoms with van der Waals surface area (Å²) in [6.07, 6.45) is 3.63. The first kappa shape index (κ1) is 12.4. The fraction of sp³-hybridized carbons (Fsp3) is 0.538. The van der Waals surface area contributed by atoms with Crippen LogP contribution in [-0.4, -0.2) is 19.7 Å². The maximum Gasteiger partial charge on any atom is 0.178 e. The summed E-state index contributed by atoms with van der Waals surface area (Å²) in [6, 6.07) is 7.07. The largest absolute Gasteiger partial charge is 0.380 e. The maximum atomic E-state index is 11.6. The molecule has 0 aromatic heterocycles. The Balaban J connectivity index is 2.13. The molecular formula is C13H19NO2S. The molecule has 0 bridgehead atoms.